The van der Waals surface area contributed by atoms with Crippen molar-refractivity contribution in [3.63, 3.8) is 0 Å². The van der Waals surface area contributed by atoms with Crippen LogP contribution in [0.3, 0.4) is 0 Å². The molecule has 0 spiro atoms. The molecule has 22 heavy (non-hydrogen) atoms. The topological polar surface area (TPSA) is 74.0 Å². The zero-order chi connectivity index (χ0) is 15.9. The van der Waals surface area contributed by atoms with E-state index in [1.807, 2.05) is 36.9 Å². The minimum Gasteiger partial charge on any atom is -0.489 e. The molecule has 1 aromatic carbocycles. The van der Waals surface area contributed by atoms with E-state index in [-0.39, 0.29) is 18.6 Å². The SMILES string of the molecule is CCOCCOC(=O)C(CC)N1CCOc2cccc(N)c21. The largest absolute Gasteiger partial charge is 0.489 e. The summed E-state index contributed by atoms with van der Waals surface area (Å²) in [6.45, 7) is 6.31. The van der Waals surface area contributed by atoms with Gasteiger partial charge >= 0.3 is 5.97 Å². The number of hydrogen-bond acceptors (Lipinski definition) is 6. The van der Waals surface area contributed by atoms with Gasteiger partial charge in [-0.3, -0.25) is 0 Å². The molecular formula is C16H24N2O4. The third kappa shape index (κ3) is 3.62. The summed E-state index contributed by atoms with van der Waals surface area (Å²) in [7, 11) is 0. The monoisotopic (exact) mass is 308 g/mol. The third-order valence-electron chi connectivity index (χ3n) is 3.62. The number of para-hydroxylation sites is 1. The summed E-state index contributed by atoms with van der Waals surface area (Å²) >= 11 is 0. The number of rotatable bonds is 7. The second-order valence-electron chi connectivity index (χ2n) is 5.02. The minimum atomic E-state index is -0.367. The molecule has 0 amide bonds. The smallest absolute Gasteiger partial charge is 0.328 e. The van der Waals surface area contributed by atoms with Crippen LogP contribution < -0.4 is 15.4 Å². The molecule has 0 aromatic heterocycles. The molecule has 122 valence electrons. The molecule has 0 radical (unpaired) electrons. The highest BCUT2D eigenvalue weighted by atomic mass is 16.6. The highest BCUT2D eigenvalue weighted by Crippen LogP contribution is 2.38. The van der Waals surface area contributed by atoms with Gasteiger partial charge in [-0.1, -0.05) is 13.0 Å². The second-order valence-corrected chi connectivity index (χ2v) is 5.02. The van der Waals surface area contributed by atoms with E-state index in [1.165, 1.54) is 0 Å². The van der Waals surface area contributed by atoms with Crippen LogP contribution in [0.15, 0.2) is 18.2 Å². The zero-order valence-electron chi connectivity index (χ0n) is 13.2. The van der Waals surface area contributed by atoms with Gasteiger partial charge in [-0.2, -0.15) is 0 Å². The van der Waals surface area contributed by atoms with Crippen molar-refractivity contribution in [2.45, 2.75) is 26.3 Å². The summed E-state index contributed by atoms with van der Waals surface area (Å²) in [6, 6.07) is 5.16. The Morgan fingerprint density at radius 3 is 2.95 bits per heavy atom. The van der Waals surface area contributed by atoms with E-state index in [4.69, 9.17) is 19.9 Å². The molecule has 2 rings (SSSR count). The lowest BCUT2D eigenvalue weighted by Crippen LogP contribution is -2.46. The first kappa shape index (κ1) is 16.4. The van der Waals surface area contributed by atoms with Crippen molar-refractivity contribution in [1.82, 2.24) is 0 Å². The lowest BCUT2D eigenvalue weighted by Gasteiger charge is -2.36. The lowest BCUT2D eigenvalue weighted by molar-refractivity contribution is -0.147. The van der Waals surface area contributed by atoms with Gasteiger partial charge in [0.1, 0.15) is 30.7 Å². The number of benzene rings is 1. The van der Waals surface area contributed by atoms with Gasteiger partial charge in [0, 0.05) is 6.61 Å². The summed E-state index contributed by atoms with van der Waals surface area (Å²) < 4.78 is 16.1. The number of nitrogen functional groups attached to an aromatic ring is 1. The van der Waals surface area contributed by atoms with Crippen LogP contribution in [0.4, 0.5) is 11.4 Å². The zero-order valence-corrected chi connectivity index (χ0v) is 13.2. The van der Waals surface area contributed by atoms with Gasteiger partial charge < -0.3 is 24.8 Å². The third-order valence-corrected chi connectivity index (χ3v) is 3.62. The number of nitrogens with two attached hydrogens (primary N) is 1. The number of ether oxygens (including phenoxy) is 3. The number of carbonyl (C=O) groups excluding carboxylic acids is 1. The molecule has 1 aliphatic heterocycles. The molecular weight excluding hydrogens is 284 g/mol. The molecule has 0 saturated carbocycles. The number of hydrogen-bond donors (Lipinski definition) is 1. The molecule has 6 nitrogen and oxygen atoms in total. The first-order valence-corrected chi connectivity index (χ1v) is 7.71. The Morgan fingerprint density at radius 1 is 1.41 bits per heavy atom. The van der Waals surface area contributed by atoms with Gasteiger partial charge in [-0.25, -0.2) is 4.79 Å². The van der Waals surface area contributed by atoms with E-state index in [2.05, 4.69) is 0 Å². The van der Waals surface area contributed by atoms with Gasteiger partial charge in [0.25, 0.3) is 0 Å². The van der Waals surface area contributed by atoms with Crippen molar-refractivity contribution in [2.75, 3.05) is 43.6 Å². The molecule has 6 heteroatoms. The van der Waals surface area contributed by atoms with Gasteiger partial charge in [-0.05, 0) is 25.5 Å². The number of carbonyl (C=O) groups is 1. The van der Waals surface area contributed by atoms with Crippen LogP contribution in [-0.2, 0) is 14.3 Å². The highest BCUT2D eigenvalue weighted by molar-refractivity contribution is 5.85. The molecule has 0 fully saturated rings. The van der Waals surface area contributed by atoms with Crippen LogP contribution in [0.2, 0.25) is 0 Å². The fraction of sp³-hybridized carbons (Fsp3) is 0.562. The Labute approximate surface area is 131 Å². The van der Waals surface area contributed by atoms with Crippen molar-refractivity contribution in [1.29, 1.82) is 0 Å². The van der Waals surface area contributed by atoms with Crippen molar-refractivity contribution < 1.29 is 19.0 Å². The molecule has 1 aliphatic rings. The van der Waals surface area contributed by atoms with Gasteiger partial charge in [0.2, 0.25) is 0 Å². The summed E-state index contributed by atoms with van der Waals surface area (Å²) in [6.07, 6.45) is 0.640. The summed E-state index contributed by atoms with van der Waals surface area (Å²) in [5, 5.41) is 0. The highest BCUT2D eigenvalue weighted by Gasteiger charge is 2.31. The normalized spacial score (nSPS) is 14.9. The van der Waals surface area contributed by atoms with Crippen LogP contribution in [0.5, 0.6) is 5.75 Å². The molecule has 0 aliphatic carbocycles. The molecule has 0 bridgehead atoms. The van der Waals surface area contributed by atoms with Gasteiger partial charge in [0.15, 0.2) is 0 Å². The molecule has 1 heterocycles. The average molecular weight is 308 g/mol. The number of anilines is 2. The number of nitrogens with zero attached hydrogens (tertiary/aromatic N) is 1. The van der Waals surface area contributed by atoms with E-state index in [0.717, 1.165) is 5.69 Å². The first-order chi connectivity index (χ1) is 10.7. The molecule has 2 N–H and O–H groups in total. The summed E-state index contributed by atoms with van der Waals surface area (Å²) in [4.78, 5) is 14.3. The van der Waals surface area contributed by atoms with E-state index < -0.39 is 0 Å². The maximum atomic E-state index is 12.4. The van der Waals surface area contributed by atoms with Crippen LogP contribution in [0.1, 0.15) is 20.3 Å². The number of esters is 1. The molecule has 1 atom stereocenters. The van der Waals surface area contributed by atoms with Crippen LogP contribution in [0, 0.1) is 0 Å². The van der Waals surface area contributed by atoms with Gasteiger partial charge in [0.05, 0.1) is 18.8 Å². The van der Waals surface area contributed by atoms with Crippen LogP contribution in [0.25, 0.3) is 0 Å². The standard InChI is InChI=1S/C16H24N2O4/c1-3-13(16(19)22-11-10-20-4-2)18-8-9-21-14-7-5-6-12(17)15(14)18/h5-7,13H,3-4,8-11,17H2,1-2H3. The minimum absolute atomic E-state index is 0.252. The fourth-order valence-corrected chi connectivity index (χ4v) is 2.60. The van der Waals surface area contributed by atoms with Crippen molar-refractivity contribution >= 4 is 17.3 Å². The Bertz CT molecular complexity index is 507. The fourth-order valence-electron chi connectivity index (χ4n) is 2.60. The molecule has 1 unspecified atom stereocenters. The Kier molecular flexibility index (Phi) is 5.89. The first-order valence-electron chi connectivity index (χ1n) is 7.71. The predicted molar refractivity (Wildman–Crippen MR) is 85.2 cm³/mol. The van der Waals surface area contributed by atoms with Crippen molar-refractivity contribution in [3.8, 4) is 5.75 Å². The Balaban J connectivity index is 2.10. The quantitative estimate of drug-likeness (QED) is 0.470. The lowest BCUT2D eigenvalue weighted by atomic mass is 10.1. The van der Waals surface area contributed by atoms with Crippen LogP contribution in [-0.4, -0.2) is 45.0 Å². The summed E-state index contributed by atoms with van der Waals surface area (Å²) in [5.74, 6) is 0.463. The van der Waals surface area contributed by atoms with Crippen molar-refractivity contribution in [3.05, 3.63) is 18.2 Å². The molecule has 1 aromatic rings. The van der Waals surface area contributed by atoms with E-state index in [1.54, 1.807) is 0 Å². The Morgan fingerprint density at radius 2 is 2.23 bits per heavy atom. The maximum Gasteiger partial charge on any atom is 0.328 e. The van der Waals surface area contributed by atoms with Crippen LogP contribution >= 0.6 is 0 Å². The van der Waals surface area contributed by atoms with E-state index >= 15 is 0 Å². The van der Waals surface area contributed by atoms with Crippen molar-refractivity contribution in [2.24, 2.45) is 0 Å². The van der Waals surface area contributed by atoms with Gasteiger partial charge in [-0.15, -0.1) is 0 Å². The predicted octanol–water partition coefficient (Wildman–Crippen LogP) is 1.83. The maximum absolute atomic E-state index is 12.4. The Hall–Kier alpha value is -1.95. The van der Waals surface area contributed by atoms with E-state index in [9.17, 15) is 4.79 Å². The average Bonchev–Trinajstić information content (AvgIpc) is 2.52. The van der Waals surface area contributed by atoms with E-state index in [0.29, 0.717) is 44.2 Å². The summed E-state index contributed by atoms with van der Waals surface area (Å²) in [5.41, 5.74) is 7.46. The second kappa shape index (κ2) is 7.89. The number of fused-ring (bicyclic) bond motifs is 1. The molecule has 0 saturated heterocycles.